The lowest BCUT2D eigenvalue weighted by atomic mass is 10.2. The molecule has 0 saturated carbocycles. The highest BCUT2D eigenvalue weighted by Gasteiger charge is 1.97. The number of carbonyl (C=O) groups excluding carboxylic acids is 1. The average Bonchev–Trinajstić information content (AvgIpc) is 2.03. The summed E-state index contributed by atoms with van der Waals surface area (Å²) < 4.78 is 15.5. The zero-order chi connectivity index (χ0) is 9.40. The number of ketones is 1. The summed E-state index contributed by atoms with van der Waals surface area (Å²) in [6.07, 6.45) is 4.08. The predicted molar refractivity (Wildman–Crippen MR) is 50.0 cm³/mol. The summed E-state index contributed by atoms with van der Waals surface area (Å²) in [7, 11) is -0.295. The monoisotopic (exact) mass is 192 g/mol. The molecule has 0 saturated heterocycles. The Bertz CT molecular complexity index is 156. The first kappa shape index (κ1) is 11.9. The fourth-order valence-corrected chi connectivity index (χ4v) is 1.66. The van der Waals surface area contributed by atoms with E-state index in [0.717, 1.165) is 19.3 Å². The molecule has 0 heterocycles. The third kappa shape index (κ3) is 7.96. The Morgan fingerprint density at radius 3 is 2.50 bits per heavy atom. The van der Waals surface area contributed by atoms with Gasteiger partial charge in [0.2, 0.25) is 0 Å². The molecule has 0 rings (SSSR count). The van der Waals surface area contributed by atoms with Gasteiger partial charge in [-0.1, -0.05) is 6.42 Å². The van der Waals surface area contributed by atoms with Crippen LogP contribution in [0.15, 0.2) is 0 Å². The Kier molecular flexibility index (Phi) is 7.42. The molecule has 0 bridgehead atoms. The molecule has 0 amide bonds. The Balaban J connectivity index is 3.11. The van der Waals surface area contributed by atoms with Crippen LogP contribution in [0.4, 0.5) is 0 Å². The van der Waals surface area contributed by atoms with Gasteiger partial charge in [-0.15, -0.1) is 0 Å². The molecule has 1 atom stereocenters. The van der Waals surface area contributed by atoms with Crippen molar-refractivity contribution in [1.29, 1.82) is 0 Å². The van der Waals surface area contributed by atoms with Crippen molar-refractivity contribution >= 4 is 13.8 Å². The second-order valence-corrected chi connectivity index (χ2v) is 4.49. The normalized spacial score (nSPS) is 12.8. The molecule has 0 spiro atoms. The van der Waals surface area contributed by atoms with Gasteiger partial charge in [-0.3, -0.25) is 4.57 Å². The zero-order valence-electron chi connectivity index (χ0n) is 7.76. The van der Waals surface area contributed by atoms with E-state index in [9.17, 15) is 9.36 Å². The Hall–Kier alpha value is -0.140. The molecule has 72 valence electrons. The van der Waals surface area contributed by atoms with E-state index in [-0.39, 0.29) is 5.78 Å². The van der Waals surface area contributed by atoms with Gasteiger partial charge in [0.15, 0.2) is 8.03 Å². The molecular weight excluding hydrogens is 175 g/mol. The van der Waals surface area contributed by atoms with Crippen LogP contribution in [-0.4, -0.2) is 19.1 Å². The summed E-state index contributed by atoms with van der Waals surface area (Å²) >= 11 is 0. The van der Waals surface area contributed by atoms with Crippen molar-refractivity contribution in [2.45, 2.75) is 32.6 Å². The van der Waals surface area contributed by atoms with Gasteiger partial charge in [0, 0.05) is 19.7 Å². The van der Waals surface area contributed by atoms with Crippen LogP contribution in [-0.2, 0) is 13.9 Å². The molecular formula is C8H17O3P. The van der Waals surface area contributed by atoms with Gasteiger partial charge in [0.25, 0.3) is 0 Å². The molecule has 12 heavy (non-hydrogen) atoms. The van der Waals surface area contributed by atoms with E-state index in [0.29, 0.717) is 12.6 Å². The first-order valence-corrected chi connectivity index (χ1v) is 5.75. The molecule has 0 aliphatic rings. The van der Waals surface area contributed by atoms with Crippen LogP contribution in [0.1, 0.15) is 32.6 Å². The van der Waals surface area contributed by atoms with Crippen LogP contribution in [0, 0.1) is 0 Å². The van der Waals surface area contributed by atoms with E-state index in [1.54, 1.807) is 6.92 Å². The predicted octanol–water partition coefficient (Wildman–Crippen LogP) is 2.26. The van der Waals surface area contributed by atoms with Gasteiger partial charge in [-0.2, -0.15) is 0 Å². The lowest BCUT2D eigenvalue weighted by Crippen LogP contribution is -1.90. The molecule has 0 aliphatic heterocycles. The van der Waals surface area contributed by atoms with Crippen molar-refractivity contribution in [2.24, 2.45) is 0 Å². The zero-order valence-corrected chi connectivity index (χ0v) is 8.76. The van der Waals surface area contributed by atoms with Crippen LogP contribution in [0.25, 0.3) is 0 Å². The molecule has 0 aromatic rings. The van der Waals surface area contributed by atoms with Gasteiger partial charge >= 0.3 is 0 Å². The maximum Gasteiger partial charge on any atom is 0.191 e. The highest BCUT2D eigenvalue weighted by molar-refractivity contribution is 7.39. The number of hydrogen-bond acceptors (Lipinski definition) is 3. The van der Waals surface area contributed by atoms with Crippen molar-refractivity contribution in [2.75, 3.05) is 13.3 Å². The second kappa shape index (κ2) is 7.51. The molecule has 0 radical (unpaired) electrons. The summed E-state index contributed by atoms with van der Waals surface area (Å²) in [5, 5.41) is 0. The quantitative estimate of drug-likeness (QED) is 0.459. The minimum atomic E-state index is -1.76. The number of unbranched alkanes of at least 4 members (excludes halogenated alkanes) is 2. The summed E-state index contributed by atoms with van der Waals surface area (Å²) in [5.74, 6) is 0.231. The summed E-state index contributed by atoms with van der Waals surface area (Å²) in [6.45, 7) is 1.60. The van der Waals surface area contributed by atoms with Crippen molar-refractivity contribution < 1.29 is 13.9 Å². The molecule has 3 nitrogen and oxygen atoms in total. The average molecular weight is 192 g/mol. The summed E-state index contributed by atoms with van der Waals surface area (Å²) in [4.78, 5) is 10.5. The lowest BCUT2D eigenvalue weighted by Gasteiger charge is -1.98. The largest absolute Gasteiger partial charge is 0.334 e. The van der Waals surface area contributed by atoms with Crippen LogP contribution >= 0.6 is 8.03 Å². The number of Topliss-reactive ketones (excluding diaryl/α,β-unsaturated/α-hetero) is 1. The van der Waals surface area contributed by atoms with Gasteiger partial charge < -0.3 is 9.32 Å². The third-order valence-electron chi connectivity index (χ3n) is 1.64. The van der Waals surface area contributed by atoms with Gasteiger partial charge in [-0.05, 0) is 19.8 Å². The molecule has 0 fully saturated rings. The second-order valence-electron chi connectivity index (χ2n) is 2.84. The van der Waals surface area contributed by atoms with Crippen LogP contribution < -0.4 is 0 Å². The lowest BCUT2D eigenvalue weighted by molar-refractivity contribution is -0.117. The molecule has 0 aliphatic carbocycles. The van der Waals surface area contributed by atoms with E-state index < -0.39 is 8.03 Å². The summed E-state index contributed by atoms with van der Waals surface area (Å²) in [6, 6.07) is 0. The maximum absolute atomic E-state index is 10.8. The van der Waals surface area contributed by atoms with Crippen LogP contribution in [0.2, 0.25) is 0 Å². The van der Waals surface area contributed by atoms with Gasteiger partial charge in [0.1, 0.15) is 5.78 Å². The highest BCUT2D eigenvalue weighted by atomic mass is 31.1. The van der Waals surface area contributed by atoms with Crippen molar-refractivity contribution in [3.05, 3.63) is 0 Å². The number of carbonyl (C=O) groups is 1. The molecule has 0 N–H and O–H groups in total. The van der Waals surface area contributed by atoms with Crippen LogP contribution in [0.5, 0.6) is 0 Å². The van der Waals surface area contributed by atoms with E-state index >= 15 is 0 Å². The first-order valence-electron chi connectivity index (χ1n) is 4.23. The minimum absolute atomic E-state index is 0.231. The number of rotatable bonds is 7. The third-order valence-corrected chi connectivity index (χ3v) is 2.85. The fourth-order valence-electron chi connectivity index (χ4n) is 0.922. The topological polar surface area (TPSA) is 43.4 Å². The smallest absolute Gasteiger partial charge is 0.191 e. The SMILES string of the molecule is CO[PH](=O)CCCCCC(C)=O. The minimum Gasteiger partial charge on any atom is -0.334 e. The maximum atomic E-state index is 10.8. The Morgan fingerprint density at radius 2 is 2.00 bits per heavy atom. The summed E-state index contributed by atoms with van der Waals surface area (Å²) in [5.41, 5.74) is 0. The molecule has 0 aromatic carbocycles. The Morgan fingerprint density at radius 1 is 1.33 bits per heavy atom. The van der Waals surface area contributed by atoms with E-state index in [4.69, 9.17) is 0 Å². The van der Waals surface area contributed by atoms with Crippen molar-refractivity contribution in [1.82, 2.24) is 0 Å². The standard InChI is InChI=1S/C8H17O3P/c1-8(9)6-4-3-5-7-12(10)11-2/h12H,3-7H2,1-2H3. The van der Waals surface area contributed by atoms with E-state index in [1.165, 1.54) is 7.11 Å². The molecule has 1 unspecified atom stereocenters. The van der Waals surface area contributed by atoms with Gasteiger partial charge in [0.05, 0.1) is 0 Å². The van der Waals surface area contributed by atoms with E-state index in [2.05, 4.69) is 4.52 Å². The van der Waals surface area contributed by atoms with Crippen molar-refractivity contribution in [3.8, 4) is 0 Å². The number of hydrogen-bond donors (Lipinski definition) is 0. The molecule has 4 heteroatoms. The van der Waals surface area contributed by atoms with E-state index in [1.807, 2.05) is 0 Å². The Labute approximate surface area is 74.4 Å². The van der Waals surface area contributed by atoms with Gasteiger partial charge in [-0.25, -0.2) is 0 Å². The fraction of sp³-hybridized carbons (Fsp3) is 0.875. The highest BCUT2D eigenvalue weighted by Crippen LogP contribution is 2.22. The first-order chi connectivity index (χ1) is 5.66. The van der Waals surface area contributed by atoms with Crippen molar-refractivity contribution in [3.63, 3.8) is 0 Å². The molecule has 0 aromatic heterocycles. The van der Waals surface area contributed by atoms with Crippen LogP contribution in [0.3, 0.4) is 0 Å².